The second-order valence-electron chi connectivity index (χ2n) is 5.39. The highest BCUT2D eigenvalue weighted by Gasteiger charge is 2.16. The third-order valence-corrected chi connectivity index (χ3v) is 4.70. The minimum Gasteiger partial charge on any atom is -0.480 e. The van der Waals surface area contributed by atoms with Crippen molar-refractivity contribution in [2.75, 3.05) is 5.32 Å². The molecule has 0 heterocycles. The molecule has 24 heavy (non-hydrogen) atoms. The summed E-state index contributed by atoms with van der Waals surface area (Å²) in [5.41, 5.74) is 0.754. The van der Waals surface area contributed by atoms with Crippen molar-refractivity contribution in [2.45, 2.75) is 13.0 Å². The molecule has 1 amide bonds. The van der Waals surface area contributed by atoms with Crippen LogP contribution in [-0.2, 0) is 4.79 Å². The summed E-state index contributed by atoms with van der Waals surface area (Å²) in [6, 6.07) is 19.4. The van der Waals surface area contributed by atoms with Crippen molar-refractivity contribution in [3.63, 3.8) is 0 Å². The van der Waals surface area contributed by atoms with Gasteiger partial charge in [-0.05, 0) is 64.0 Å². The molecular formula is C19H15Br2NO2. The molecule has 122 valence electrons. The third kappa shape index (κ3) is 3.97. The molecule has 0 aliphatic rings. The molecule has 1 N–H and O–H groups in total. The van der Waals surface area contributed by atoms with Gasteiger partial charge in [-0.25, -0.2) is 0 Å². The van der Waals surface area contributed by atoms with Gasteiger partial charge in [0.2, 0.25) is 0 Å². The van der Waals surface area contributed by atoms with Crippen LogP contribution in [0.25, 0.3) is 10.8 Å². The molecular weight excluding hydrogens is 434 g/mol. The van der Waals surface area contributed by atoms with E-state index in [4.69, 9.17) is 4.74 Å². The number of hydrogen-bond donors (Lipinski definition) is 1. The molecule has 0 bridgehead atoms. The number of amides is 1. The molecule has 5 heteroatoms. The van der Waals surface area contributed by atoms with Gasteiger partial charge in [-0.2, -0.15) is 0 Å². The molecule has 0 spiro atoms. The first-order valence-corrected chi connectivity index (χ1v) is 9.03. The van der Waals surface area contributed by atoms with Gasteiger partial charge in [0.05, 0.1) is 4.47 Å². The van der Waals surface area contributed by atoms with Crippen molar-refractivity contribution in [3.05, 3.63) is 69.6 Å². The van der Waals surface area contributed by atoms with E-state index in [1.54, 1.807) is 6.92 Å². The first kappa shape index (κ1) is 17.0. The lowest BCUT2D eigenvalue weighted by atomic mass is 10.1. The normalized spacial score (nSPS) is 12.0. The second kappa shape index (κ2) is 7.36. The molecule has 3 rings (SSSR count). The van der Waals surface area contributed by atoms with Crippen LogP contribution in [0.4, 0.5) is 5.69 Å². The zero-order valence-corrected chi connectivity index (χ0v) is 16.1. The predicted octanol–water partition coefficient (Wildman–Crippen LogP) is 5.77. The molecule has 0 aliphatic heterocycles. The molecule has 0 saturated carbocycles. The average Bonchev–Trinajstić information content (AvgIpc) is 2.57. The first-order chi connectivity index (χ1) is 11.5. The van der Waals surface area contributed by atoms with Crippen LogP contribution in [0.5, 0.6) is 5.75 Å². The maximum Gasteiger partial charge on any atom is 0.265 e. The summed E-state index contributed by atoms with van der Waals surface area (Å²) in [5.74, 6) is 0.430. The minimum absolute atomic E-state index is 0.194. The lowest BCUT2D eigenvalue weighted by molar-refractivity contribution is -0.122. The van der Waals surface area contributed by atoms with Crippen molar-refractivity contribution in [3.8, 4) is 5.75 Å². The Bertz CT molecular complexity index is 895. The van der Waals surface area contributed by atoms with E-state index in [0.29, 0.717) is 5.75 Å². The predicted molar refractivity (Wildman–Crippen MR) is 105 cm³/mol. The molecule has 3 aromatic rings. The number of hydrogen-bond acceptors (Lipinski definition) is 2. The summed E-state index contributed by atoms with van der Waals surface area (Å²) in [7, 11) is 0. The maximum atomic E-state index is 12.4. The smallest absolute Gasteiger partial charge is 0.265 e. The monoisotopic (exact) mass is 447 g/mol. The van der Waals surface area contributed by atoms with Crippen molar-refractivity contribution in [1.82, 2.24) is 0 Å². The molecule has 0 saturated heterocycles. The molecule has 3 aromatic carbocycles. The average molecular weight is 449 g/mol. The summed E-state index contributed by atoms with van der Waals surface area (Å²) in [6.07, 6.45) is -0.617. The van der Waals surface area contributed by atoms with E-state index in [1.165, 1.54) is 0 Å². The minimum atomic E-state index is -0.617. The molecule has 0 unspecified atom stereocenters. The SMILES string of the molecule is C[C@@H](Oc1ccc(Br)cc1Br)C(=O)Nc1ccc2ccccc2c1. The molecule has 0 aliphatic carbocycles. The standard InChI is InChI=1S/C19H15Br2NO2/c1-12(24-18-9-7-15(20)11-17(18)21)19(23)22-16-8-6-13-4-2-3-5-14(13)10-16/h2-12H,1H3,(H,22,23)/t12-/m1/s1. The Hall–Kier alpha value is -1.85. The number of carbonyl (C=O) groups is 1. The summed E-state index contributed by atoms with van der Waals surface area (Å²) in [5, 5.41) is 5.12. The van der Waals surface area contributed by atoms with Gasteiger partial charge >= 0.3 is 0 Å². The van der Waals surface area contributed by atoms with Crippen LogP contribution in [0.15, 0.2) is 69.6 Å². The zero-order valence-electron chi connectivity index (χ0n) is 12.9. The van der Waals surface area contributed by atoms with Gasteiger partial charge in [-0.1, -0.05) is 46.3 Å². The highest BCUT2D eigenvalue weighted by Crippen LogP contribution is 2.29. The van der Waals surface area contributed by atoms with E-state index in [2.05, 4.69) is 37.2 Å². The van der Waals surface area contributed by atoms with Crippen molar-refractivity contribution >= 4 is 54.2 Å². The Balaban J connectivity index is 1.70. The lowest BCUT2D eigenvalue weighted by Crippen LogP contribution is -2.30. The van der Waals surface area contributed by atoms with Crippen LogP contribution in [0, 0.1) is 0 Å². The van der Waals surface area contributed by atoms with Gasteiger partial charge in [-0.3, -0.25) is 4.79 Å². The van der Waals surface area contributed by atoms with Crippen LogP contribution in [0.3, 0.4) is 0 Å². The molecule has 0 fully saturated rings. The summed E-state index contributed by atoms with van der Waals surface area (Å²) in [4.78, 5) is 12.4. The van der Waals surface area contributed by atoms with Gasteiger partial charge in [0.15, 0.2) is 6.10 Å². The fourth-order valence-corrected chi connectivity index (χ4v) is 3.47. The van der Waals surface area contributed by atoms with Gasteiger partial charge in [0, 0.05) is 10.2 Å². The first-order valence-electron chi connectivity index (χ1n) is 7.44. The number of halogens is 2. The van der Waals surface area contributed by atoms with E-state index < -0.39 is 6.10 Å². The third-order valence-electron chi connectivity index (χ3n) is 3.58. The van der Waals surface area contributed by atoms with Gasteiger partial charge in [0.25, 0.3) is 5.91 Å². The summed E-state index contributed by atoms with van der Waals surface area (Å²) < 4.78 is 7.48. The van der Waals surface area contributed by atoms with Crippen LogP contribution in [-0.4, -0.2) is 12.0 Å². The Morgan fingerprint density at radius 1 is 1.00 bits per heavy atom. The topological polar surface area (TPSA) is 38.3 Å². The number of benzene rings is 3. The van der Waals surface area contributed by atoms with Crippen molar-refractivity contribution in [2.24, 2.45) is 0 Å². The summed E-state index contributed by atoms with van der Waals surface area (Å²) >= 11 is 6.82. The van der Waals surface area contributed by atoms with Crippen LogP contribution in [0.2, 0.25) is 0 Å². The van der Waals surface area contributed by atoms with E-state index in [-0.39, 0.29) is 5.91 Å². The van der Waals surface area contributed by atoms with Gasteiger partial charge in [0.1, 0.15) is 5.75 Å². The van der Waals surface area contributed by atoms with Crippen molar-refractivity contribution in [1.29, 1.82) is 0 Å². The number of rotatable bonds is 4. The molecule has 1 atom stereocenters. The number of anilines is 1. The Labute approximate surface area is 157 Å². The maximum absolute atomic E-state index is 12.4. The van der Waals surface area contributed by atoms with Gasteiger partial charge in [-0.15, -0.1) is 0 Å². The van der Waals surface area contributed by atoms with Crippen LogP contribution >= 0.6 is 31.9 Å². The fourth-order valence-electron chi connectivity index (χ4n) is 2.33. The highest BCUT2D eigenvalue weighted by molar-refractivity contribution is 9.11. The number of carbonyl (C=O) groups excluding carboxylic acids is 1. The van der Waals surface area contributed by atoms with Crippen molar-refractivity contribution < 1.29 is 9.53 Å². The fraction of sp³-hybridized carbons (Fsp3) is 0.105. The Kier molecular flexibility index (Phi) is 5.21. The quantitative estimate of drug-likeness (QED) is 0.550. The van der Waals surface area contributed by atoms with E-state index in [1.807, 2.05) is 60.7 Å². The van der Waals surface area contributed by atoms with Gasteiger partial charge < -0.3 is 10.1 Å². The second-order valence-corrected chi connectivity index (χ2v) is 7.16. The van der Waals surface area contributed by atoms with Crippen LogP contribution in [0.1, 0.15) is 6.92 Å². The molecule has 3 nitrogen and oxygen atoms in total. The number of nitrogens with one attached hydrogen (secondary N) is 1. The lowest BCUT2D eigenvalue weighted by Gasteiger charge is -2.16. The Morgan fingerprint density at radius 3 is 2.50 bits per heavy atom. The van der Waals surface area contributed by atoms with E-state index >= 15 is 0 Å². The highest BCUT2D eigenvalue weighted by atomic mass is 79.9. The van der Waals surface area contributed by atoms with Crippen LogP contribution < -0.4 is 10.1 Å². The largest absolute Gasteiger partial charge is 0.480 e. The Morgan fingerprint density at radius 2 is 1.75 bits per heavy atom. The van der Waals surface area contributed by atoms with E-state index in [0.717, 1.165) is 25.4 Å². The zero-order chi connectivity index (χ0) is 17.1. The summed E-state index contributed by atoms with van der Waals surface area (Å²) in [6.45, 7) is 1.73. The number of fused-ring (bicyclic) bond motifs is 1. The van der Waals surface area contributed by atoms with E-state index in [9.17, 15) is 4.79 Å². The number of ether oxygens (including phenoxy) is 1. The molecule has 0 aromatic heterocycles. The molecule has 0 radical (unpaired) electrons.